The Balaban J connectivity index is 1.56. The van der Waals surface area contributed by atoms with Crippen molar-refractivity contribution in [3.8, 4) is 11.8 Å². The molecule has 5 rings (SSSR count). The zero-order chi connectivity index (χ0) is 24.4. The van der Waals surface area contributed by atoms with E-state index >= 15 is 0 Å². The fourth-order valence-electron chi connectivity index (χ4n) is 3.84. The molecule has 0 amide bonds. The number of aromatic nitrogens is 4. The van der Waals surface area contributed by atoms with Crippen molar-refractivity contribution in [1.29, 1.82) is 5.26 Å². The predicted octanol–water partition coefficient (Wildman–Crippen LogP) is 2.98. The Labute approximate surface area is 198 Å². The summed E-state index contributed by atoms with van der Waals surface area (Å²) >= 11 is 0. The van der Waals surface area contributed by atoms with E-state index in [4.69, 9.17) is 4.74 Å². The second-order valence-electron chi connectivity index (χ2n) is 7.62. The number of ether oxygens (including phenoxy) is 1. The van der Waals surface area contributed by atoms with Crippen LogP contribution in [0.2, 0.25) is 0 Å². The zero-order valence-electron chi connectivity index (χ0n) is 18.3. The van der Waals surface area contributed by atoms with E-state index in [1.54, 1.807) is 72.8 Å². The van der Waals surface area contributed by atoms with Crippen LogP contribution in [0.15, 0.2) is 88.5 Å². The minimum atomic E-state index is -0.795. The summed E-state index contributed by atoms with van der Waals surface area (Å²) in [6.07, 6.45) is 0. The molecule has 5 aromatic rings. The van der Waals surface area contributed by atoms with Gasteiger partial charge >= 0.3 is 5.97 Å². The van der Waals surface area contributed by atoms with E-state index in [9.17, 15) is 19.6 Å². The molecule has 0 aliphatic carbocycles. The second kappa shape index (κ2) is 9.03. The Morgan fingerprint density at radius 1 is 0.857 bits per heavy atom. The van der Waals surface area contributed by atoms with Crippen LogP contribution in [0.4, 0.5) is 0 Å². The van der Waals surface area contributed by atoms with Gasteiger partial charge in [0.15, 0.2) is 11.5 Å². The van der Waals surface area contributed by atoms with Gasteiger partial charge in [0.05, 0.1) is 28.0 Å². The summed E-state index contributed by atoms with van der Waals surface area (Å²) < 4.78 is 7.82. The van der Waals surface area contributed by atoms with Crippen molar-refractivity contribution >= 4 is 27.6 Å². The highest BCUT2D eigenvalue weighted by Gasteiger charge is 2.20. The third-order valence-corrected chi connectivity index (χ3v) is 5.50. The molecule has 9 nitrogen and oxygen atoms in total. The summed E-state index contributed by atoms with van der Waals surface area (Å²) in [6, 6.07) is 24.1. The molecule has 0 aliphatic rings. The number of hydrogen-bond donors (Lipinski definition) is 0. The van der Waals surface area contributed by atoms with Gasteiger partial charge in [-0.1, -0.05) is 48.5 Å². The first-order chi connectivity index (χ1) is 17.1. The summed E-state index contributed by atoms with van der Waals surface area (Å²) in [5.74, 6) is -0.666. The van der Waals surface area contributed by atoms with Gasteiger partial charge in [-0.25, -0.2) is 9.78 Å². The molecule has 2 aromatic heterocycles. The summed E-state index contributed by atoms with van der Waals surface area (Å²) in [7, 11) is 0. The van der Waals surface area contributed by atoms with Gasteiger partial charge in [0.2, 0.25) is 0 Å². The number of benzene rings is 3. The Bertz CT molecular complexity index is 1750. The molecule has 0 N–H and O–H groups in total. The highest BCUT2D eigenvalue weighted by atomic mass is 16.5. The minimum absolute atomic E-state index is 0.0565. The SMILES string of the molecule is N#CCn1c(COC(=O)c2nn(-c3ccccc3)c(=O)c3ccccc23)nc2ccccc2c1=O. The molecule has 0 fully saturated rings. The van der Waals surface area contributed by atoms with Crippen molar-refractivity contribution in [2.45, 2.75) is 13.2 Å². The average Bonchev–Trinajstić information content (AvgIpc) is 2.90. The molecule has 0 atom stereocenters. The maximum Gasteiger partial charge on any atom is 0.359 e. The molecule has 3 aromatic carbocycles. The average molecular weight is 463 g/mol. The molecule has 35 heavy (non-hydrogen) atoms. The third kappa shape index (κ3) is 3.94. The van der Waals surface area contributed by atoms with Gasteiger partial charge in [-0.3, -0.25) is 14.2 Å². The maximum atomic E-state index is 13.2. The van der Waals surface area contributed by atoms with E-state index in [1.165, 1.54) is 4.57 Å². The highest BCUT2D eigenvalue weighted by molar-refractivity contribution is 6.02. The molecular formula is C26H17N5O4. The lowest BCUT2D eigenvalue weighted by atomic mass is 10.1. The van der Waals surface area contributed by atoms with Crippen LogP contribution in [0, 0.1) is 11.3 Å². The number of para-hydroxylation sites is 2. The number of hydrogen-bond acceptors (Lipinski definition) is 7. The van der Waals surface area contributed by atoms with Crippen molar-refractivity contribution in [2.24, 2.45) is 0 Å². The summed E-state index contributed by atoms with van der Waals surface area (Å²) in [6.45, 7) is -0.606. The number of carbonyl (C=O) groups is 1. The molecule has 9 heteroatoms. The first-order valence-electron chi connectivity index (χ1n) is 10.7. The highest BCUT2D eigenvalue weighted by Crippen LogP contribution is 2.17. The Morgan fingerprint density at radius 3 is 2.26 bits per heavy atom. The van der Waals surface area contributed by atoms with Crippen molar-refractivity contribution in [1.82, 2.24) is 19.3 Å². The summed E-state index contributed by atoms with van der Waals surface area (Å²) in [4.78, 5) is 43.5. The first-order valence-corrected chi connectivity index (χ1v) is 10.7. The van der Waals surface area contributed by atoms with E-state index in [-0.39, 0.29) is 30.2 Å². The Kier molecular flexibility index (Phi) is 5.61. The molecular weight excluding hydrogens is 446 g/mol. The van der Waals surface area contributed by atoms with Crippen molar-refractivity contribution in [3.05, 3.63) is 111 Å². The van der Waals surface area contributed by atoms with Crippen molar-refractivity contribution in [3.63, 3.8) is 0 Å². The van der Waals surface area contributed by atoms with E-state index in [0.29, 0.717) is 27.4 Å². The molecule has 170 valence electrons. The zero-order valence-corrected chi connectivity index (χ0v) is 18.3. The molecule has 0 saturated carbocycles. The van der Waals surface area contributed by atoms with Crippen LogP contribution in [-0.2, 0) is 17.9 Å². The van der Waals surface area contributed by atoms with Gasteiger partial charge in [-0.05, 0) is 30.3 Å². The number of fused-ring (bicyclic) bond motifs is 2. The fourth-order valence-corrected chi connectivity index (χ4v) is 3.84. The largest absolute Gasteiger partial charge is 0.453 e. The fraction of sp³-hybridized carbons (Fsp3) is 0.0769. The van der Waals surface area contributed by atoms with E-state index < -0.39 is 11.5 Å². The number of nitrogens with zero attached hydrogens (tertiary/aromatic N) is 5. The number of nitriles is 1. The summed E-state index contributed by atoms with van der Waals surface area (Å²) in [5, 5.41) is 14.5. The molecule has 0 aliphatic heterocycles. The summed E-state index contributed by atoms with van der Waals surface area (Å²) in [5.41, 5.74) is 0.0983. The first kappa shape index (κ1) is 21.7. The van der Waals surface area contributed by atoms with Crippen LogP contribution in [0.3, 0.4) is 0 Å². The smallest absolute Gasteiger partial charge is 0.359 e. The van der Waals surface area contributed by atoms with Crippen LogP contribution >= 0.6 is 0 Å². The van der Waals surface area contributed by atoms with Gasteiger partial charge in [0.25, 0.3) is 11.1 Å². The standard InChI is InChI=1S/C26H17N5O4/c27-14-15-30-22(28-21-13-7-6-12-20(21)24(30)32)16-35-26(34)23-18-10-4-5-11-19(18)25(33)31(29-23)17-8-2-1-3-9-17/h1-13H,15-16H2. The van der Waals surface area contributed by atoms with E-state index in [2.05, 4.69) is 10.1 Å². The van der Waals surface area contributed by atoms with Crippen LogP contribution in [-0.4, -0.2) is 25.3 Å². The number of carbonyl (C=O) groups excluding carboxylic acids is 1. The Morgan fingerprint density at radius 2 is 1.51 bits per heavy atom. The van der Waals surface area contributed by atoms with E-state index in [0.717, 1.165) is 4.68 Å². The predicted molar refractivity (Wildman–Crippen MR) is 128 cm³/mol. The lowest BCUT2D eigenvalue weighted by molar-refractivity contribution is 0.0450. The third-order valence-electron chi connectivity index (χ3n) is 5.50. The van der Waals surface area contributed by atoms with Gasteiger partial charge in [-0.15, -0.1) is 0 Å². The van der Waals surface area contributed by atoms with Crippen molar-refractivity contribution in [2.75, 3.05) is 0 Å². The van der Waals surface area contributed by atoms with Crippen LogP contribution in [0.1, 0.15) is 16.3 Å². The molecule has 0 saturated heterocycles. The normalized spacial score (nSPS) is 10.8. The second-order valence-corrected chi connectivity index (χ2v) is 7.62. The lowest BCUT2D eigenvalue weighted by Crippen LogP contribution is -2.27. The van der Waals surface area contributed by atoms with Crippen LogP contribution in [0.5, 0.6) is 0 Å². The molecule has 0 spiro atoms. The number of rotatable bonds is 5. The minimum Gasteiger partial charge on any atom is -0.453 e. The topological polar surface area (TPSA) is 120 Å². The molecule has 0 bridgehead atoms. The van der Waals surface area contributed by atoms with Crippen LogP contribution in [0.25, 0.3) is 27.4 Å². The van der Waals surface area contributed by atoms with Crippen molar-refractivity contribution < 1.29 is 9.53 Å². The van der Waals surface area contributed by atoms with E-state index in [1.807, 2.05) is 12.1 Å². The Hall–Kier alpha value is -5.10. The molecule has 0 unspecified atom stereocenters. The monoisotopic (exact) mass is 463 g/mol. The maximum absolute atomic E-state index is 13.2. The van der Waals surface area contributed by atoms with Gasteiger partial charge < -0.3 is 4.74 Å². The van der Waals surface area contributed by atoms with Gasteiger partial charge in [-0.2, -0.15) is 15.0 Å². The molecule has 2 heterocycles. The quantitative estimate of drug-likeness (QED) is 0.368. The number of esters is 1. The van der Waals surface area contributed by atoms with Gasteiger partial charge in [0, 0.05) is 5.39 Å². The lowest BCUT2D eigenvalue weighted by Gasteiger charge is -2.13. The van der Waals surface area contributed by atoms with Gasteiger partial charge in [0.1, 0.15) is 13.2 Å². The van der Waals surface area contributed by atoms with Crippen LogP contribution < -0.4 is 11.1 Å². The molecule has 0 radical (unpaired) electrons.